The van der Waals surface area contributed by atoms with Crippen molar-refractivity contribution in [2.45, 2.75) is 152 Å². The molecule has 9 amide bonds. The fraction of sp³-hybridized carbons (Fsp3) is 0.508. The van der Waals surface area contributed by atoms with Crippen LogP contribution in [0.4, 0.5) is 0 Å². The zero-order valence-corrected chi connectivity index (χ0v) is 47.7. The Morgan fingerprint density at radius 1 is 0.512 bits per heavy atom. The van der Waals surface area contributed by atoms with E-state index in [0.29, 0.717) is 30.4 Å². The molecule has 25 nitrogen and oxygen atoms in total. The van der Waals surface area contributed by atoms with E-state index in [1.807, 2.05) is 44.2 Å². The number of benzene rings is 3. The van der Waals surface area contributed by atoms with E-state index in [4.69, 9.17) is 5.73 Å². The van der Waals surface area contributed by atoms with Crippen LogP contribution < -0.4 is 43.0 Å². The van der Waals surface area contributed by atoms with E-state index in [2.05, 4.69) is 37.2 Å². The fourth-order valence-corrected chi connectivity index (χ4v) is 10.1. The maximum Gasteiger partial charge on any atom is 0.326 e. The van der Waals surface area contributed by atoms with Crippen LogP contribution in [0.1, 0.15) is 89.3 Å². The summed E-state index contributed by atoms with van der Waals surface area (Å²) in [5.41, 5.74) is 8.14. The number of amides is 9. The summed E-state index contributed by atoms with van der Waals surface area (Å²) in [6, 6.07) is 11.9. The number of nitrogens with two attached hydrogens (primary N) is 1. The molecule has 2 saturated heterocycles. The largest absolute Gasteiger partial charge is 0.481 e. The molecule has 5 rings (SSSR count). The number of aliphatic carboxylic acids is 2. The first-order chi connectivity index (χ1) is 40.0. The molecule has 84 heavy (non-hydrogen) atoms. The summed E-state index contributed by atoms with van der Waals surface area (Å²) in [4.78, 5) is 153. The zero-order chi connectivity index (χ0) is 61.6. The highest BCUT2D eigenvalue weighted by molar-refractivity contribution is 5.99. The van der Waals surface area contributed by atoms with E-state index >= 15 is 0 Å². The number of carbonyl (C=O) groups is 11. The lowest BCUT2D eigenvalue weighted by Gasteiger charge is -2.31. The van der Waals surface area contributed by atoms with Crippen molar-refractivity contribution in [2.75, 3.05) is 26.3 Å². The molecule has 3 aromatic carbocycles. The number of hydrogen-bond acceptors (Lipinski definition) is 14. The molecule has 0 aromatic heterocycles. The fourth-order valence-electron chi connectivity index (χ4n) is 10.1. The van der Waals surface area contributed by atoms with Gasteiger partial charge in [0, 0.05) is 25.9 Å². The van der Waals surface area contributed by atoms with Crippen LogP contribution in [0.3, 0.4) is 0 Å². The Balaban J connectivity index is 1.32. The van der Waals surface area contributed by atoms with Gasteiger partial charge in [0.25, 0.3) is 0 Å². The molecular formula is C59H80N10O15. The number of carboxylic acid groups (broad SMARTS) is 2. The number of carboxylic acids is 2. The quantitative estimate of drug-likeness (QED) is 0.0370. The second kappa shape index (κ2) is 32.5. The number of carbonyl (C=O) groups excluding carboxylic acids is 9. The summed E-state index contributed by atoms with van der Waals surface area (Å²) < 4.78 is 0. The first kappa shape index (κ1) is 66.5. The van der Waals surface area contributed by atoms with Crippen molar-refractivity contribution in [3.63, 3.8) is 0 Å². The maximum absolute atomic E-state index is 14.7. The Hall–Kier alpha value is -8.29. The van der Waals surface area contributed by atoms with Gasteiger partial charge in [-0.3, -0.25) is 47.9 Å². The molecule has 0 unspecified atom stereocenters. The maximum atomic E-state index is 14.7. The number of likely N-dealkylation sites (tertiary alicyclic amines) is 2. The topological polar surface area (TPSA) is 385 Å². The third kappa shape index (κ3) is 19.4. The summed E-state index contributed by atoms with van der Waals surface area (Å²) >= 11 is 0. The SMILES string of the molecule is CC[C@H](C)[C@H](NC(=O)[C@H](CO)NC(=O)[C@@H]1CCCN1C(=O)[C@H](Cc1ccccc1)NC(=O)[C@H](Cc1ccccc1)NC(=O)[C@H](CC(=O)O)NC(=O)[C@H](CO)NC(=O)[C@@H]1CCCN1C(=O)[C@H](CC(C)C)NC(=O)[C@@H](N)Cc1ccccc1)C(=O)O. The average Bonchev–Trinajstić information content (AvgIpc) is 4.35. The molecule has 0 radical (unpaired) electrons. The van der Waals surface area contributed by atoms with Gasteiger partial charge in [0.05, 0.1) is 25.7 Å². The first-order valence-electron chi connectivity index (χ1n) is 28.3. The second-order valence-corrected chi connectivity index (χ2v) is 21.7. The number of nitrogens with one attached hydrogen (secondary N) is 7. The molecule has 0 spiro atoms. The van der Waals surface area contributed by atoms with Crippen LogP contribution in [0.15, 0.2) is 91.0 Å². The van der Waals surface area contributed by atoms with Crippen LogP contribution in [0.2, 0.25) is 0 Å². The van der Waals surface area contributed by atoms with Crippen molar-refractivity contribution in [1.82, 2.24) is 47.0 Å². The predicted octanol–water partition coefficient (Wildman–Crippen LogP) is -0.947. The Bertz CT molecular complexity index is 2760. The van der Waals surface area contributed by atoms with Gasteiger partial charge < -0.3 is 73.2 Å². The Labute approximate surface area is 487 Å². The van der Waals surface area contributed by atoms with E-state index in [1.54, 1.807) is 74.5 Å². The summed E-state index contributed by atoms with van der Waals surface area (Å²) in [5, 5.41) is 57.7. The Kier molecular flexibility index (Phi) is 25.8. The molecule has 456 valence electrons. The highest BCUT2D eigenvalue weighted by Crippen LogP contribution is 2.23. The number of aliphatic hydroxyl groups is 2. The predicted molar refractivity (Wildman–Crippen MR) is 304 cm³/mol. The normalized spacial score (nSPS) is 18.0. The summed E-state index contributed by atoms with van der Waals surface area (Å²) in [6.07, 6.45) is 0.352. The van der Waals surface area contributed by atoms with Crippen LogP contribution in [0.5, 0.6) is 0 Å². The minimum Gasteiger partial charge on any atom is -0.481 e. The molecule has 2 fully saturated rings. The lowest BCUT2D eigenvalue weighted by atomic mass is 9.99. The van der Waals surface area contributed by atoms with E-state index in [1.165, 1.54) is 9.80 Å². The van der Waals surface area contributed by atoms with Gasteiger partial charge in [0.15, 0.2) is 0 Å². The minimum absolute atomic E-state index is 0.0279. The van der Waals surface area contributed by atoms with Gasteiger partial charge in [0.1, 0.15) is 54.4 Å². The molecule has 0 saturated carbocycles. The smallest absolute Gasteiger partial charge is 0.326 e. The van der Waals surface area contributed by atoms with Crippen molar-refractivity contribution < 1.29 is 73.2 Å². The van der Waals surface area contributed by atoms with Crippen LogP contribution in [-0.4, -0.2) is 182 Å². The van der Waals surface area contributed by atoms with Gasteiger partial charge in [-0.25, -0.2) is 4.79 Å². The third-order valence-corrected chi connectivity index (χ3v) is 14.9. The number of nitrogens with zero attached hydrogens (tertiary/aromatic N) is 2. The van der Waals surface area contributed by atoms with Crippen molar-refractivity contribution >= 4 is 65.1 Å². The van der Waals surface area contributed by atoms with Crippen LogP contribution in [0.25, 0.3) is 0 Å². The molecule has 13 N–H and O–H groups in total. The van der Waals surface area contributed by atoms with Crippen molar-refractivity contribution in [1.29, 1.82) is 0 Å². The number of aliphatic hydroxyl groups excluding tert-OH is 2. The van der Waals surface area contributed by atoms with Crippen LogP contribution in [-0.2, 0) is 72.0 Å². The molecule has 25 heteroatoms. The molecule has 2 aliphatic heterocycles. The molecule has 0 aliphatic carbocycles. The van der Waals surface area contributed by atoms with Gasteiger partial charge in [0.2, 0.25) is 53.2 Å². The second-order valence-electron chi connectivity index (χ2n) is 21.7. The summed E-state index contributed by atoms with van der Waals surface area (Å²) in [5.74, 6) is -11.3. The molecular weight excluding hydrogens is 1090 g/mol. The highest BCUT2D eigenvalue weighted by Gasteiger charge is 2.42. The monoisotopic (exact) mass is 1170 g/mol. The Morgan fingerprint density at radius 2 is 0.905 bits per heavy atom. The van der Waals surface area contributed by atoms with Gasteiger partial charge >= 0.3 is 11.9 Å². The van der Waals surface area contributed by atoms with Crippen molar-refractivity contribution in [2.24, 2.45) is 17.6 Å². The minimum atomic E-state index is -1.93. The lowest BCUT2D eigenvalue weighted by molar-refractivity contribution is -0.145. The van der Waals surface area contributed by atoms with E-state index < -0.39 is 151 Å². The van der Waals surface area contributed by atoms with Gasteiger partial charge in [-0.15, -0.1) is 0 Å². The lowest BCUT2D eigenvalue weighted by Crippen LogP contribution is -2.61. The molecule has 3 aromatic rings. The van der Waals surface area contributed by atoms with Crippen molar-refractivity contribution in [3.05, 3.63) is 108 Å². The number of rotatable bonds is 31. The highest BCUT2D eigenvalue weighted by atomic mass is 16.4. The van der Waals surface area contributed by atoms with Gasteiger partial charge in [-0.2, -0.15) is 0 Å². The molecule has 2 heterocycles. The van der Waals surface area contributed by atoms with Crippen LogP contribution >= 0.6 is 0 Å². The standard InChI is InChI=1S/C59H80N10O15/c1-5-35(4)49(59(83)84)67-54(78)45(33-71)66-56(80)47-24-16-26-69(47)58(82)43(30-38-21-13-8-14-22-38)64-51(75)40(29-37-19-11-7-12-20-37)61-52(76)41(31-48(72)73)62-53(77)44(32-70)65-55(79)46-23-15-25-68(46)57(81)42(27-34(2)3)63-50(74)39(60)28-36-17-9-6-10-18-36/h6-14,17-22,34-35,39-47,49,70-71H,5,15-16,23-33,60H2,1-4H3,(H,61,76)(H,62,77)(H,63,74)(H,64,75)(H,65,79)(H,66,80)(H,67,78)(H,72,73)(H,83,84)/t35-,39-,40-,41-,42-,43-,44-,45-,46-,47-,49-/m0/s1. The Morgan fingerprint density at radius 3 is 1.35 bits per heavy atom. The first-order valence-corrected chi connectivity index (χ1v) is 28.3. The average molecular weight is 1170 g/mol. The van der Waals surface area contributed by atoms with E-state index in [-0.39, 0.29) is 57.5 Å². The third-order valence-electron chi connectivity index (χ3n) is 14.9. The van der Waals surface area contributed by atoms with Crippen molar-refractivity contribution in [3.8, 4) is 0 Å². The van der Waals surface area contributed by atoms with Gasteiger partial charge in [-0.1, -0.05) is 125 Å². The summed E-state index contributed by atoms with van der Waals surface area (Å²) in [7, 11) is 0. The van der Waals surface area contributed by atoms with Crippen LogP contribution in [0, 0.1) is 11.8 Å². The number of hydrogen-bond donors (Lipinski definition) is 12. The zero-order valence-electron chi connectivity index (χ0n) is 47.7. The van der Waals surface area contributed by atoms with E-state index in [9.17, 15) is 73.2 Å². The van der Waals surface area contributed by atoms with E-state index in [0.717, 1.165) is 5.56 Å². The molecule has 0 bridgehead atoms. The molecule has 11 atom stereocenters. The molecule has 2 aliphatic rings. The van der Waals surface area contributed by atoms with Gasteiger partial charge in [-0.05, 0) is 67.1 Å². The summed E-state index contributed by atoms with van der Waals surface area (Å²) in [6.45, 7) is 5.26.